The molecule has 0 unspecified atom stereocenters. The normalized spacial score (nSPS) is 10.6. The van der Waals surface area contributed by atoms with E-state index in [2.05, 4.69) is 11.9 Å². The molecule has 84 valence electrons. The van der Waals surface area contributed by atoms with Gasteiger partial charge < -0.3 is 10.2 Å². The highest BCUT2D eigenvalue weighted by Gasteiger charge is 2.11. The molecule has 0 atom stereocenters. The molecule has 0 saturated carbocycles. The SMILES string of the molecule is CCc1nc(-c2ccc(O)c(O)c2C)cs1. The van der Waals surface area contributed by atoms with Crippen LogP contribution >= 0.6 is 11.3 Å². The van der Waals surface area contributed by atoms with Gasteiger partial charge in [0, 0.05) is 16.5 Å². The van der Waals surface area contributed by atoms with E-state index >= 15 is 0 Å². The van der Waals surface area contributed by atoms with Gasteiger partial charge in [0.2, 0.25) is 0 Å². The van der Waals surface area contributed by atoms with Crippen molar-refractivity contribution < 1.29 is 10.2 Å². The van der Waals surface area contributed by atoms with Crippen molar-refractivity contribution >= 4 is 11.3 Å². The van der Waals surface area contributed by atoms with Crippen LogP contribution in [0.15, 0.2) is 17.5 Å². The summed E-state index contributed by atoms with van der Waals surface area (Å²) in [5.74, 6) is -0.157. The number of hydrogen-bond acceptors (Lipinski definition) is 4. The zero-order valence-corrected chi connectivity index (χ0v) is 10.0. The third-order valence-electron chi connectivity index (χ3n) is 2.54. The lowest BCUT2D eigenvalue weighted by Crippen LogP contribution is -1.86. The molecule has 0 spiro atoms. The Morgan fingerprint density at radius 2 is 2.06 bits per heavy atom. The number of phenolic OH excluding ortho intramolecular Hbond substituents is 2. The zero-order valence-electron chi connectivity index (χ0n) is 9.19. The Morgan fingerprint density at radius 3 is 2.69 bits per heavy atom. The first-order valence-electron chi connectivity index (χ1n) is 5.09. The van der Waals surface area contributed by atoms with Crippen molar-refractivity contribution in [2.24, 2.45) is 0 Å². The molecule has 0 aliphatic heterocycles. The summed E-state index contributed by atoms with van der Waals surface area (Å²) in [5.41, 5.74) is 2.38. The largest absolute Gasteiger partial charge is 0.504 e. The molecule has 0 fully saturated rings. The van der Waals surface area contributed by atoms with Crippen molar-refractivity contribution in [3.8, 4) is 22.8 Å². The summed E-state index contributed by atoms with van der Waals surface area (Å²) in [5, 5.41) is 22.0. The van der Waals surface area contributed by atoms with Crippen LogP contribution in [0.25, 0.3) is 11.3 Å². The summed E-state index contributed by atoms with van der Waals surface area (Å²) < 4.78 is 0. The fourth-order valence-electron chi connectivity index (χ4n) is 1.56. The number of phenols is 2. The van der Waals surface area contributed by atoms with E-state index in [0.717, 1.165) is 22.7 Å². The number of aromatic hydroxyl groups is 2. The molecule has 0 bridgehead atoms. The van der Waals surface area contributed by atoms with Gasteiger partial charge in [-0.15, -0.1) is 11.3 Å². The van der Waals surface area contributed by atoms with E-state index < -0.39 is 0 Å². The topological polar surface area (TPSA) is 53.4 Å². The van der Waals surface area contributed by atoms with E-state index in [1.165, 1.54) is 6.07 Å². The van der Waals surface area contributed by atoms with Crippen molar-refractivity contribution in [1.29, 1.82) is 0 Å². The van der Waals surface area contributed by atoms with E-state index in [-0.39, 0.29) is 11.5 Å². The summed E-state index contributed by atoms with van der Waals surface area (Å²) in [6, 6.07) is 3.27. The lowest BCUT2D eigenvalue weighted by molar-refractivity contribution is 0.401. The molecular weight excluding hydrogens is 222 g/mol. The van der Waals surface area contributed by atoms with E-state index in [9.17, 15) is 10.2 Å². The van der Waals surface area contributed by atoms with Crippen LogP contribution in [-0.2, 0) is 6.42 Å². The predicted octanol–water partition coefficient (Wildman–Crippen LogP) is 3.09. The van der Waals surface area contributed by atoms with Gasteiger partial charge in [-0.25, -0.2) is 4.98 Å². The molecule has 0 radical (unpaired) electrons. The molecule has 0 saturated heterocycles. The van der Waals surface area contributed by atoms with Crippen molar-refractivity contribution in [3.63, 3.8) is 0 Å². The Labute approximate surface area is 98.0 Å². The second kappa shape index (κ2) is 4.14. The lowest BCUT2D eigenvalue weighted by Gasteiger charge is -2.06. The van der Waals surface area contributed by atoms with Gasteiger partial charge in [-0.2, -0.15) is 0 Å². The van der Waals surface area contributed by atoms with Crippen LogP contribution in [0.5, 0.6) is 11.5 Å². The summed E-state index contributed by atoms with van der Waals surface area (Å²) in [4.78, 5) is 4.46. The minimum absolute atomic E-state index is 0.0662. The number of hydrogen-bond donors (Lipinski definition) is 2. The summed E-state index contributed by atoms with van der Waals surface area (Å²) >= 11 is 1.61. The Balaban J connectivity index is 2.52. The highest BCUT2D eigenvalue weighted by atomic mass is 32.1. The van der Waals surface area contributed by atoms with Gasteiger partial charge in [0.1, 0.15) is 0 Å². The van der Waals surface area contributed by atoms with Crippen LogP contribution in [0, 0.1) is 6.92 Å². The van der Waals surface area contributed by atoms with Crippen molar-refractivity contribution in [2.45, 2.75) is 20.3 Å². The van der Waals surface area contributed by atoms with Crippen LogP contribution in [0.2, 0.25) is 0 Å². The number of nitrogens with zero attached hydrogens (tertiary/aromatic N) is 1. The maximum atomic E-state index is 9.64. The maximum Gasteiger partial charge on any atom is 0.161 e. The quantitative estimate of drug-likeness (QED) is 0.786. The molecule has 2 N–H and O–H groups in total. The fraction of sp³-hybridized carbons (Fsp3) is 0.250. The second-order valence-electron chi connectivity index (χ2n) is 3.59. The van der Waals surface area contributed by atoms with Crippen LogP contribution in [0.4, 0.5) is 0 Å². The van der Waals surface area contributed by atoms with Crippen LogP contribution in [0.1, 0.15) is 17.5 Å². The van der Waals surface area contributed by atoms with Gasteiger partial charge in [-0.1, -0.05) is 6.92 Å². The number of aromatic nitrogens is 1. The molecule has 4 heteroatoms. The third kappa shape index (κ3) is 1.76. The first-order chi connectivity index (χ1) is 7.63. The average Bonchev–Trinajstić information content (AvgIpc) is 2.74. The predicted molar refractivity (Wildman–Crippen MR) is 65.0 cm³/mol. The van der Waals surface area contributed by atoms with E-state index in [0.29, 0.717) is 5.56 Å². The monoisotopic (exact) mass is 235 g/mol. The first-order valence-corrected chi connectivity index (χ1v) is 5.97. The highest BCUT2D eigenvalue weighted by Crippen LogP contribution is 2.36. The molecule has 1 aromatic carbocycles. The van der Waals surface area contributed by atoms with Gasteiger partial charge in [0.15, 0.2) is 11.5 Å². The molecule has 1 heterocycles. The third-order valence-corrected chi connectivity index (χ3v) is 3.53. The number of thiazole rings is 1. The molecule has 1 aromatic heterocycles. The lowest BCUT2D eigenvalue weighted by atomic mass is 10.1. The summed E-state index contributed by atoms with van der Waals surface area (Å²) in [7, 11) is 0. The Hall–Kier alpha value is -1.55. The summed E-state index contributed by atoms with van der Waals surface area (Å²) in [6.45, 7) is 3.83. The van der Waals surface area contributed by atoms with E-state index in [1.54, 1.807) is 24.3 Å². The average molecular weight is 235 g/mol. The van der Waals surface area contributed by atoms with Crippen molar-refractivity contribution in [3.05, 3.63) is 28.1 Å². The van der Waals surface area contributed by atoms with Gasteiger partial charge in [0.25, 0.3) is 0 Å². The van der Waals surface area contributed by atoms with Gasteiger partial charge in [0.05, 0.1) is 10.7 Å². The van der Waals surface area contributed by atoms with Gasteiger partial charge in [-0.05, 0) is 25.5 Å². The molecule has 3 nitrogen and oxygen atoms in total. The van der Waals surface area contributed by atoms with Crippen molar-refractivity contribution in [1.82, 2.24) is 4.98 Å². The minimum Gasteiger partial charge on any atom is -0.504 e. The van der Waals surface area contributed by atoms with Gasteiger partial charge >= 0.3 is 0 Å². The molecule has 0 amide bonds. The molecular formula is C12H13NO2S. The highest BCUT2D eigenvalue weighted by molar-refractivity contribution is 7.09. The fourth-order valence-corrected chi connectivity index (χ4v) is 2.31. The molecule has 2 rings (SSSR count). The smallest absolute Gasteiger partial charge is 0.161 e. The summed E-state index contributed by atoms with van der Waals surface area (Å²) in [6.07, 6.45) is 0.910. The number of benzene rings is 1. The van der Waals surface area contributed by atoms with E-state index in [1.807, 2.05) is 5.38 Å². The van der Waals surface area contributed by atoms with E-state index in [4.69, 9.17) is 0 Å². The molecule has 16 heavy (non-hydrogen) atoms. The van der Waals surface area contributed by atoms with Crippen LogP contribution < -0.4 is 0 Å². The molecule has 0 aliphatic carbocycles. The van der Waals surface area contributed by atoms with Crippen LogP contribution in [-0.4, -0.2) is 15.2 Å². The second-order valence-corrected chi connectivity index (χ2v) is 4.53. The zero-order chi connectivity index (χ0) is 11.7. The van der Waals surface area contributed by atoms with Crippen LogP contribution in [0.3, 0.4) is 0 Å². The number of rotatable bonds is 2. The molecule has 2 aromatic rings. The number of aryl methyl sites for hydroxylation is 1. The standard InChI is InChI=1S/C12H13NO2S/c1-3-11-13-9(6-16-11)8-4-5-10(14)12(15)7(8)2/h4-6,14-15H,3H2,1-2H3. The Bertz CT molecular complexity index is 520. The van der Waals surface area contributed by atoms with Crippen molar-refractivity contribution in [2.75, 3.05) is 0 Å². The molecule has 0 aliphatic rings. The Morgan fingerprint density at radius 1 is 1.31 bits per heavy atom. The Kier molecular flexibility index (Phi) is 2.83. The maximum absolute atomic E-state index is 9.64. The van der Waals surface area contributed by atoms with Gasteiger partial charge in [-0.3, -0.25) is 0 Å². The minimum atomic E-state index is -0.0906. The first kappa shape index (κ1) is 11.0.